The van der Waals surface area contributed by atoms with Crippen molar-refractivity contribution in [3.05, 3.63) is 24.3 Å². The van der Waals surface area contributed by atoms with Crippen molar-refractivity contribution in [1.29, 1.82) is 0 Å². The molecular weight excluding hydrogens is 248 g/mol. The van der Waals surface area contributed by atoms with E-state index in [1.165, 1.54) is 0 Å². The van der Waals surface area contributed by atoms with E-state index in [1.807, 2.05) is 24.3 Å². The number of hydrogen-bond acceptors (Lipinski definition) is 5. The van der Waals surface area contributed by atoms with Gasteiger partial charge in [-0.15, -0.1) is 0 Å². The first-order valence-electron chi connectivity index (χ1n) is 4.34. The molecule has 0 unspecified atom stereocenters. The lowest BCUT2D eigenvalue weighted by Gasteiger charge is -2.04. The van der Waals surface area contributed by atoms with E-state index in [1.54, 1.807) is 14.2 Å². The number of carbonyl (C=O) groups is 1. The van der Waals surface area contributed by atoms with E-state index in [2.05, 4.69) is 0 Å². The highest BCUT2D eigenvalue weighted by atomic mass is 32.2. The van der Waals surface area contributed by atoms with E-state index < -0.39 is 16.3 Å². The fourth-order valence-corrected chi connectivity index (χ4v) is 1.03. The van der Waals surface area contributed by atoms with E-state index >= 15 is 0 Å². The van der Waals surface area contributed by atoms with Crippen LogP contribution in [0.4, 0.5) is 0 Å². The van der Waals surface area contributed by atoms with Gasteiger partial charge in [0.05, 0.1) is 14.2 Å². The Morgan fingerprint density at radius 3 is 1.76 bits per heavy atom. The molecule has 0 aliphatic carbocycles. The van der Waals surface area contributed by atoms with Crippen molar-refractivity contribution in [1.82, 2.24) is 0 Å². The molecule has 17 heavy (non-hydrogen) atoms. The Morgan fingerprint density at radius 1 is 1.18 bits per heavy atom. The molecule has 1 aromatic carbocycles. The van der Waals surface area contributed by atoms with Crippen molar-refractivity contribution in [3.63, 3.8) is 0 Å². The Hall–Kier alpha value is -2.02. The first kappa shape index (κ1) is 15.0. The fourth-order valence-electron chi connectivity index (χ4n) is 0.870. The zero-order valence-electron chi connectivity index (χ0n) is 9.28. The van der Waals surface area contributed by atoms with Crippen molar-refractivity contribution < 1.29 is 27.8 Å². The Kier molecular flexibility index (Phi) is 7.20. The summed E-state index contributed by atoms with van der Waals surface area (Å²) in [5, 5.41) is 7.80. The molecular formula is C10H12O6S. The maximum atomic E-state index is 9.37. The van der Waals surface area contributed by atoms with Gasteiger partial charge in [-0.05, 0) is 12.1 Å². The summed E-state index contributed by atoms with van der Waals surface area (Å²) in [6.45, 7) is 0. The van der Waals surface area contributed by atoms with E-state index in [9.17, 15) is 13.2 Å². The molecule has 0 saturated carbocycles. The lowest BCUT2D eigenvalue weighted by molar-refractivity contribution is -0.128. The second-order valence-electron chi connectivity index (χ2n) is 2.57. The van der Waals surface area contributed by atoms with Crippen LogP contribution in [0.25, 0.3) is 0 Å². The predicted octanol–water partition coefficient (Wildman–Crippen LogP) is 0.456. The van der Waals surface area contributed by atoms with Crippen LogP contribution < -0.4 is 9.47 Å². The third-order valence-corrected chi connectivity index (χ3v) is 1.88. The summed E-state index contributed by atoms with van der Waals surface area (Å²) >= 11 is 0. The first-order chi connectivity index (χ1) is 8.01. The third-order valence-electron chi connectivity index (χ3n) is 1.49. The number of aliphatic carboxylic acids is 1. The average Bonchev–Trinajstić information content (AvgIpc) is 2.28. The van der Waals surface area contributed by atoms with Crippen molar-refractivity contribution in [2.75, 3.05) is 14.2 Å². The maximum absolute atomic E-state index is 9.37. The first-order valence-corrected chi connectivity index (χ1v) is 5.48. The number of para-hydroxylation sites is 2. The standard InChI is InChI=1S/C8H10O2.C2H2O4S/c1-9-7-5-3-4-6-8(7)10-2;3-2(4)1-7(5)6/h3-6H,1-2H3;1H,(H,3,4). The second-order valence-corrected chi connectivity index (χ2v) is 3.33. The average molecular weight is 260 g/mol. The summed E-state index contributed by atoms with van der Waals surface area (Å²) in [4.78, 5) is 9.36. The van der Waals surface area contributed by atoms with E-state index in [-0.39, 0.29) is 5.37 Å². The summed E-state index contributed by atoms with van der Waals surface area (Å²) in [7, 11) is 0.676. The molecule has 0 saturated heterocycles. The number of methoxy groups -OCH3 is 2. The van der Waals surface area contributed by atoms with Crippen molar-refractivity contribution in [2.24, 2.45) is 0 Å². The lowest BCUT2D eigenvalue weighted by atomic mass is 10.3. The van der Waals surface area contributed by atoms with Gasteiger partial charge >= 0.3 is 5.97 Å². The molecule has 0 aliphatic heterocycles. The highest BCUT2D eigenvalue weighted by Gasteiger charge is 1.97. The van der Waals surface area contributed by atoms with Crippen molar-refractivity contribution in [3.8, 4) is 11.5 Å². The number of hydrogen-bond donors (Lipinski definition) is 1. The minimum absolute atomic E-state index is 0.167. The monoisotopic (exact) mass is 260 g/mol. The Balaban J connectivity index is 0.000000325. The van der Waals surface area contributed by atoms with E-state index in [0.717, 1.165) is 11.5 Å². The van der Waals surface area contributed by atoms with Gasteiger partial charge in [0.15, 0.2) is 11.5 Å². The minimum atomic E-state index is -2.57. The van der Waals surface area contributed by atoms with Crippen LogP contribution in [0.1, 0.15) is 0 Å². The number of ether oxygens (including phenoxy) is 2. The largest absolute Gasteiger partial charge is 0.493 e. The van der Waals surface area contributed by atoms with Crippen LogP contribution in [0, 0.1) is 0 Å². The highest BCUT2D eigenvalue weighted by Crippen LogP contribution is 2.24. The second kappa shape index (κ2) is 8.17. The Bertz CT molecular complexity index is 460. The molecule has 0 amide bonds. The Morgan fingerprint density at radius 2 is 1.59 bits per heavy atom. The molecule has 0 bridgehead atoms. The van der Waals surface area contributed by atoms with E-state index in [4.69, 9.17) is 14.6 Å². The molecule has 0 atom stereocenters. The normalized spacial score (nSPS) is 8.35. The molecule has 0 aliphatic rings. The number of carboxylic acid groups (broad SMARTS) is 1. The van der Waals surface area contributed by atoms with Gasteiger partial charge in [-0.2, -0.15) is 8.42 Å². The zero-order chi connectivity index (χ0) is 13.3. The van der Waals surface area contributed by atoms with Crippen molar-refractivity contribution >= 4 is 21.6 Å². The van der Waals surface area contributed by atoms with Gasteiger partial charge in [-0.3, -0.25) is 0 Å². The molecule has 1 aromatic rings. The van der Waals surface area contributed by atoms with Crippen LogP contribution in [-0.2, 0) is 15.1 Å². The Labute approximate surface area is 99.9 Å². The predicted molar refractivity (Wildman–Crippen MR) is 62.2 cm³/mol. The van der Waals surface area contributed by atoms with E-state index in [0.29, 0.717) is 0 Å². The highest BCUT2D eigenvalue weighted by molar-refractivity contribution is 7.73. The molecule has 94 valence electrons. The van der Waals surface area contributed by atoms with Gasteiger partial charge in [0.2, 0.25) is 10.3 Å². The summed E-state index contributed by atoms with van der Waals surface area (Å²) in [6, 6.07) is 7.53. The van der Waals surface area contributed by atoms with Crippen LogP contribution in [-0.4, -0.2) is 39.1 Å². The number of benzene rings is 1. The molecule has 1 N–H and O–H groups in total. The quantitative estimate of drug-likeness (QED) is 0.794. The zero-order valence-corrected chi connectivity index (χ0v) is 10.1. The molecule has 0 spiro atoms. The smallest absolute Gasteiger partial charge is 0.343 e. The van der Waals surface area contributed by atoms with Gasteiger partial charge in [-0.1, -0.05) is 12.1 Å². The molecule has 0 heterocycles. The lowest BCUT2D eigenvalue weighted by Crippen LogP contribution is -1.94. The molecule has 6 nitrogen and oxygen atoms in total. The van der Waals surface area contributed by atoms with Crippen LogP contribution >= 0.6 is 0 Å². The summed E-state index contributed by atoms with van der Waals surface area (Å²) in [5.41, 5.74) is 0. The molecule has 0 fully saturated rings. The molecule has 0 aromatic heterocycles. The van der Waals surface area contributed by atoms with Gasteiger partial charge in [0.1, 0.15) is 5.37 Å². The number of rotatable bonds is 3. The molecule has 0 radical (unpaired) electrons. The SMILES string of the molecule is COc1ccccc1OC.O=C(O)C=S(=O)=O. The van der Waals surface area contributed by atoms with Gasteiger partial charge in [0.25, 0.3) is 0 Å². The van der Waals surface area contributed by atoms with Crippen LogP contribution in [0.5, 0.6) is 11.5 Å². The summed E-state index contributed by atoms with van der Waals surface area (Å²) < 4.78 is 28.8. The molecule has 1 rings (SSSR count). The van der Waals surface area contributed by atoms with Crippen LogP contribution in [0.15, 0.2) is 24.3 Å². The summed E-state index contributed by atoms with van der Waals surface area (Å²) in [5.74, 6) is 0.0864. The minimum Gasteiger partial charge on any atom is -0.493 e. The van der Waals surface area contributed by atoms with Gasteiger partial charge in [0, 0.05) is 0 Å². The van der Waals surface area contributed by atoms with Crippen LogP contribution in [0.3, 0.4) is 0 Å². The van der Waals surface area contributed by atoms with Crippen molar-refractivity contribution in [2.45, 2.75) is 0 Å². The summed E-state index contributed by atoms with van der Waals surface area (Å²) in [6.07, 6.45) is 0. The van der Waals surface area contributed by atoms with Gasteiger partial charge < -0.3 is 14.6 Å². The number of carboxylic acids is 1. The van der Waals surface area contributed by atoms with Crippen LogP contribution in [0.2, 0.25) is 0 Å². The fraction of sp³-hybridized carbons (Fsp3) is 0.200. The van der Waals surface area contributed by atoms with Gasteiger partial charge in [-0.25, -0.2) is 4.79 Å². The topological polar surface area (TPSA) is 89.9 Å². The third kappa shape index (κ3) is 6.96. The molecule has 7 heteroatoms. The maximum Gasteiger partial charge on any atom is 0.343 e.